The van der Waals surface area contributed by atoms with Gasteiger partial charge in [-0.05, 0) is 62.7 Å². The lowest BCUT2D eigenvalue weighted by molar-refractivity contribution is -0.110. The predicted molar refractivity (Wildman–Crippen MR) is 58.9 cm³/mol. The molecule has 0 heterocycles. The summed E-state index contributed by atoms with van der Waals surface area (Å²) in [7, 11) is 0. The van der Waals surface area contributed by atoms with Gasteiger partial charge in [-0.25, -0.2) is 4.79 Å². The molecule has 0 unspecified atom stereocenters. The van der Waals surface area contributed by atoms with Crippen LogP contribution in [0.25, 0.3) is 0 Å². The first-order valence-corrected chi connectivity index (χ1v) is 6.59. The molecule has 3 nitrogen and oxygen atoms in total. The molecular formula is C13H20O3. The summed E-state index contributed by atoms with van der Waals surface area (Å²) < 4.78 is 10.4. The van der Waals surface area contributed by atoms with Crippen molar-refractivity contribution in [1.82, 2.24) is 0 Å². The molecule has 4 aliphatic rings. The molecule has 90 valence electrons. The van der Waals surface area contributed by atoms with Crippen molar-refractivity contribution in [2.75, 3.05) is 6.61 Å². The third kappa shape index (κ3) is 1.70. The molecule has 4 aliphatic carbocycles. The summed E-state index contributed by atoms with van der Waals surface area (Å²) in [6.07, 6.45) is 6.23. The summed E-state index contributed by atoms with van der Waals surface area (Å²) in [5, 5.41) is 0. The summed E-state index contributed by atoms with van der Waals surface area (Å²) in [5.41, 5.74) is 0. The first-order valence-electron chi connectivity index (χ1n) is 6.59. The van der Waals surface area contributed by atoms with Gasteiger partial charge in [0.1, 0.15) is 6.10 Å². The van der Waals surface area contributed by atoms with Crippen LogP contribution >= 0.6 is 0 Å². The molecule has 0 aromatic carbocycles. The van der Waals surface area contributed by atoms with Gasteiger partial charge in [0.25, 0.3) is 0 Å². The number of ether oxygens (including phenoxy) is 2. The van der Waals surface area contributed by atoms with E-state index in [0.717, 1.165) is 11.8 Å². The normalized spacial score (nSPS) is 44.4. The van der Waals surface area contributed by atoms with Gasteiger partial charge >= 0.3 is 6.16 Å². The van der Waals surface area contributed by atoms with Crippen molar-refractivity contribution in [2.24, 2.45) is 23.7 Å². The number of hydrogen-bond donors (Lipinski definition) is 0. The highest BCUT2D eigenvalue weighted by atomic mass is 16.7. The van der Waals surface area contributed by atoms with Crippen molar-refractivity contribution in [3.8, 4) is 0 Å². The minimum absolute atomic E-state index is 0.159. The second-order valence-corrected chi connectivity index (χ2v) is 5.70. The van der Waals surface area contributed by atoms with Gasteiger partial charge in [0.2, 0.25) is 0 Å². The summed E-state index contributed by atoms with van der Waals surface area (Å²) in [6.45, 7) is 2.23. The third-order valence-electron chi connectivity index (χ3n) is 4.63. The molecule has 16 heavy (non-hydrogen) atoms. The average molecular weight is 224 g/mol. The average Bonchev–Trinajstić information content (AvgIpc) is 2.23. The summed E-state index contributed by atoms with van der Waals surface area (Å²) in [5.74, 6) is 3.09. The van der Waals surface area contributed by atoms with E-state index in [1.165, 1.54) is 32.1 Å². The molecule has 0 amide bonds. The van der Waals surface area contributed by atoms with Gasteiger partial charge in [0, 0.05) is 0 Å². The lowest BCUT2D eigenvalue weighted by Gasteiger charge is -2.53. The molecule has 0 saturated heterocycles. The highest BCUT2D eigenvalue weighted by molar-refractivity contribution is 5.60. The zero-order valence-electron chi connectivity index (χ0n) is 9.85. The Hall–Kier alpha value is -0.730. The van der Waals surface area contributed by atoms with Crippen LogP contribution < -0.4 is 0 Å². The fourth-order valence-corrected chi connectivity index (χ4v) is 4.33. The highest BCUT2D eigenvalue weighted by Gasteiger charge is 2.50. The molecule has 0 spiro atoms. The van der Waals surface area contributed by atoms with Gasteiger partial charge in [0.05, 0.1) is 6.61 Å². The van der Waals surface area contributed by atoms with Gasteiger partial charge in [-0.3, -0.25) is 0 Å². The quantitative estimate of drug-likeness (QED) is 0.676. The van der Waals surface area contributed by atoms with Gasteiger partial charge < -0.3 is 9.47 Å². The van der Waals surface area contributed by atoms with Crippen molar-refractivity contribution in [3.63, 3.8) is 0 Å². The Morgan fingerprint density at radius 1 is 1.06 bits per heavy atom. The molecule has 0 aromatic rings. The van der Waals surface area contributed by atoms with Gasteiger partial charge in [-0.2, -0.15) is 0 Å². The van der Waals surface area contributed by atoms with Gasteiger partial charge in [-0.1, -0.05) is 0 Å². The van der Waals surface area contributed by atoms with Crippen molar-refractivity contribution in [3.05, 3.63) is 0 Å². The van der Waals surface area contributed by atoms with E-state index in [0.29, 0.717) is 18.4 Å². The van der Waals surface area contributed by atoms with Crippen LogP contribution in [-0.4, -0.2) is 18.9 Å². The number of carbonyl (C=O) groups is 1. The summed E-state index contributed by atoms with van der Waals surface area (Å²) in [6, 6.07) is 0. The van der Waals surface area contributed by atoms with E-state index in [4.69, 9.17) is 9.47 Å². The largest absolute Gasteiger partial charge is 0.508 e. The predicted octanol–water partition coefficient (Wildman–Crippen LogP) is 2.98. The molecule has 0 aromatic heterocycles. The second kappa shape index (κ2) is 3.94. The molecular weight excluding hydrogens is 204 g/mol. The number of hydrogen-bond acceptors (Lipinski definition) is 3. The van der Waals surface area contributed by atoms with E-state index in [9.17, 15) is 4.79 Å². The Bertz CT molecular complexity index is 259. The van der Waals surface area contributed by atoms with E-state index in [1.807, 2.05) is 6.92 Å². The lowest BCUT2D eigenvalue weighted by Crippen LogP contribution is -2.50. The Morgan fingerprint density at radius 3 is 2.12 bits per heavy atom. The fraction of sp³-hybridized carbons (Fsp3) is 0.923. The summed E-state index contributed by atoms with van der Waals surface area (Å²) >= 11 is 0. The Kier molecular flexibility index (Phi) is 2.56. The smallest absolute Gasteiger partial charge is 0.435 e. The van der Waals surface area contributed by atoms with Crippen LogP contribution in [0.15, 0.2) is 0 Å². The topological polar surface area (TPSA) is 35.5 Å². The van der Waals surface area contributed by atoms with E-state index >= 15 is 0 Å². The molecule has 4 rings (SSSR count). The lowest BCUT2D eigenvalue weighted by atomic mass is 9.55. The third-order valence-corrected chi connectivity index (χ3v) is 4.63. The standard InChI is InChI=1S/C13H20O3/c1-2-15-13(14)16-12-10-4-8-3-9(6-10)7-11(12)5-8/h8-12H,2-7H2,1H3. The molecule has 4 bridgehead atoms. The Balaban J connectivity index is 1.65. The van der Waals surface area contributed by atoms with Crippen LogP contribution in [0, 0.1) is 23.7 Å². The summed E-state index contributed by atoms with van der Waals surface area (Å²) in [4.78, 5) is 11.4. The fourth-order valence-electron chi connectivity index (χ4n) is 4.33. The van der Waals surface area contributed by atoms with Crippen LogP contribution in [0.2, 0.25) is 0 Å². The van der Waals surface area contributed by atoms with Crippen LogP contribution in [-0.2, 0) is 9.47 Å². The van der Waals surface area contributed by atoms with Crippen LogP contribution in [0.5, 0.6) is 0 Å². The van der Waals surface area contributed by atoms with Crippen molar-refractivity contribution in [1.29, 1.82) is 0 Å². The molecule has 4 fully saturated rings. The molecule has 0 radical (unpaired) electrons. The van der Waals surface area contributed by atoms with Crippen LogP contribution in [0.3, 0.4) is 0 Å². The first kappa shape index (κ1) is 10.4. The van der Waals surface area contributed by atoms with E-state index in [-0.39, 0.29) is 6.10 Å². The maximum Gasteiger partial charge on any atom is 0.508 e. The van der Waals surface area contributed by atoms with E-state index in [1.54, 1.807) is 0 Å². The Morgan fingerprint density at radius 2 is 1.62 bits per heavy atom. The molecule has 0 aliphatic heterocycles. The highest BCUT2D eigenvalue weighted by Crippen LogP contribution is 2.54. The van der Waals surface area contributed by atoms with Crippen LogP contribution in [0.1, 0.15) is 39.0 Å². The molecule has 0 atom stereocenters. The van der Waals surface area contributed by atoms with E-state index in [2.05, 4.69) is 0 Å². The zero-order valence-corrected chi connectivity index (χ0v) is 9.85. The van der Waals surface area contributed by atoms with Crippen LogP contribution in [0.4, 0.5) is 4.79 Å². The van der Waals surface area contributed by atoms with Gasteiger partial charge in [0.15, 0.2) is 0 Å². The van der Waals surface area contributed by atoms with Crippen molar-refractivity contribution >= 4 is 6.16 Å². The maximum absolute atomic E-state index is 11.4. The minimum atomic E-state index is -0.458. The minimum Gasteiger partial charge on any atom is -0.435 e. The maximum atomic E-state index is 11.4. The Labute approximate surface area is 96.5 Å². The van der Waals surface area contributed by atoms with Gasteiger partial charge in [-0.15, -0.1) is 0 Å². The second-order valence-electron chi connectivity index (χ2n) is 5.70. The monoisotopic (exact) mass is 224 g/mol. The van der Waals surface area contributed by atoms with Crippen molar-refractivity contribution < 1.29 is 14.3 Å². The first-order chi connectivity index (χ1) is 7.76. The SMILES string of the molecule is CCOC(=O)OC1C2CC3CC(C2)CC1C3. The zero-order chi connectivity index (χ0) is 11.1. The number of carbonyl (C=O) groups excluding carboxylic acids is 1. The molecule has 0 N–H and O–H groups in total. The van der Waals surface area contributed by atoms with E-state index < -0.39 is 6.16 Å². The number of rotatable bonds is 2. The molecule has 3 heteroatoms. The van der Waals surface area contributed by atoms with Crippen molar-refractivity contribution in [2.45, 2.75) is 45.1 Å². The molecule has 4 saturated carbocycles.